The third-order valence-electron chi connectivity index (χ3n) is 4.90. The van der Waals surface area contributed by atoms with Crippen molar-refractivity contribution < 1.29 is 14.3 Å². The van der Waals surface area contributed by atoms with Gasteiger partial charge in [0.15, 0.2) is 18.1 Å². The first-order chi connectivity index (χ1) is 14.6. The van der Waals surface area contributed by atoms with Crippen molar-refractivity contribution in [2.45, 2.75) is 25.8 Å². The molecule has 164 valence electrons. The molecule has 0 spiro atoms. The molecule has 5 nitrogen and oxygen atoms in total. The number of anilines is 1. The fourth-order valence-corrected chi connectivity index (χ4v) is 3.20. The van der Waals surface area contributed by atoms with Crippen LogP contribution in [0.25, 0.3) is 11.1 Å². The quantitative estimate of drug-likeness (QED) is 0.486. The molecule has 0 aliphatic rings. The van der Waals surface area contributed by atoms with Crippen molar-refractivity contribution in [1.82, 2.24) is 0 Å². The Morgan fingerprint density at radius 2 is 1.71 bits per heavy atom. The Kier molecular flexibility index (Phi) is 9.38. The number of para-hydroxylation sites is 1. The number of halogens is 1. The highest BCUT2D eigenvalue weighted by molar-refractivity contribution is 5.96. The van der Waals surface area contributed by atoms with Crippen LogP contribution in [0.4, 0.5) is 5.69 Å². The van der Waals surface area contributed by atoms with Crippen molar-refractivity contribution in [3.63, 3.8) is 0 Å². The number of carbonyl (C=O) groups is 1. The number of carbonyl (C=O) groups excluding carboxylic acids is 1. The lowest BCUT2D eigenvalue weighted by Gasteiger charge is -2.15. The molecule has 0 aliphatic carbocycles. The molecule has 0 saturated carbocycles. The van der Waals surface area contributed by atoms with E-state index in [4.69, 9.17) is 15.2 Å². The van der Waals surface area contributed by atoms with Crippen molar-refractivity contribution in [3.8, 4) is 22.6 Å². The van der Waals surface area contributed by atoms with E-state index in [-0.39, 0.29) is 31.0 Å². The molecule has 3 aromatic carbocycles. The van der Waals surface area contributed by atoms with Crippen molar-refractivity contribution in [2.24, 2.45) is 5.73 Å². The van der Waals surface area contributed by atoms with Crippen molar-refractivity contribution in [1.29, 1.82) is 0 Å². The number of methoxy groups -OCH3 is 1. The molecule has 1 unspecified atom stereocenters. The summed E-state index contributed by atoms with van der Waals surface area (Å²) >= 11 is 0. The molecule has 0 heterocycles. The first-order valence-electron chi connectivity index (χ1n) is 10.1. The highest BCUT2D eigenvalue weighted by Gasteiger charge is 2.12. The zero-order valence-corrected chi connectivity index (χ0v) is 18.7. The van der Waals surface area contributed by atoms with Crippen molar-refractivity contribution in [2.75, 3.05) is 19.0 Å². The van der Waals surface area contributed by atoms with E-state index in [1.54, 1.807) is 7.11 Å². The summed E-state index contributed by atoms with van der Waals surface area (Å²) in [5, 5.41) is 2.94. The Labute approximate surface area is 190 Å². The molecule has 3 rings (SSSR count). The Balaban J connectivity index is 0.00000341. The van der Waals surface area contributed by atoms with Gasteiger partial charge >= 0.3 is 0 Å². The average molecular weight is 441 g/mol. The van der Waals surface area contributed by atoms with Gasteiger partial charge in [0.2, 0.25) is 0 Å². The van der Waals surface area contributed by atoms with Gasteiger partial charge in [0, 0.05) is 17.3 Å². The van der Waals surface area contributed by atoms with Crippen LogP contribution in [0.3, 0.4) is 0 Å². The zero-order chi connectivity index (χ0) is 21.3. The first-order valence-corrected chi connectivity index (χ1v) is 10.1. The van der Waals surface area contributed by atoms with Gasteiger partial charge in [-0.1, -0.05) is 61.5 Å². The lowest BCUT2D eigenvalue weighted by Crippen LogP contribution is -2.21. The van der Waals surface area contributed by atoms with Crippen LogP contribution in [0.5, 0.6) is 11.5 Å². The van der Waals surface area contributed by atoms with E-state index in [0.717, 1.165) is 35.2 Å². The molecule has 31 heavy (non-hydrogen) atoms. The summed E-state index contributed by atoms with van der Waals surface area (Å²) < 4.78 is 11.2. The molecule has 3 N–H and O–H groups in total. The number of rotatable bonds is 9. The van der Waals surface area contributed by atoms with E-state index in [1.807, 2.05) is 72.8 Å². The Bertz CT molecular complexity index is 980. The second kappa shape index (κ2) is 12.0. The molecule has 0 aliphatic heterocycles. The largest absolute Gasteiger partial charge is 0.493 e. The molecule has 0 aromatic heterocycles. The second-order valence-electron chi connectivity index (χ2n) is 7.11. The molecular formula is C25H29ClN2O3. The number of hydrogen-bond acceptors (Lipinski definition) is 4. The van der Waals surface area contributed by atoms with Gasteiger partial charge in [0.1, 0.15) is 0 Å². The summed E-state index contributed by atoms with van der Waals surface area (Å²) in [6.45, 7) is 1.95. The van der Waals surface area contributed by atoms with Gasteiger partial charge in [0.25, 0.3) is 5.91 Å². The summed E-state index contributed by atoms with van der Waals surface area (Å²) in [7, 11) is 1.59. The maximum absolute atomic E-state index is 12.5. The Morgan fingerprint density at radius 3 is 2.42 bits per heavy atom. The Morgan fingerprint density at radius 1 is 1.00 bits per heavy atom. The minimum Gasteiger partial charge on any atom is -0.493 e. The van der Waals surface area contributed by atoms with Gasteiger partial charge in [0.05, 0.1) is 7.11 Å². The smallest absolute Gasteiger partial charge is 0.262 e. The highest BCUT2D eigenvalue weighted by atomic mass is 35.5. The Hall–Kier alpha value is -3.02. The third-order valence-corrected chi connectivity index (χ3v) is 4.90. The summed E-state index contributed by atoms with van der Waals surface area (Å²) in [4.78, 5) is 12.5. The van der Waals surface area contributed by atoms with Crippen LogP contribution >= 0.6 is 12.4 Å². The maximum Gasteiger partial charge on any atom is 0.262 e. The second-order valence-corrected chi connectivity index (χ2v) is 7.11. The van der Waals surface area contributed by atoms with Crippen LogP contribution in [0.2, 0.25) is 0 Å². The molecule has 0 fully saturated rings. The predicted octanol–water partition coefficient (Wildman–Crippen LogP) is 5.08. The van der Waals surface area contributed by atoms with E-state index >= 15 is 0 Å². The minimum absolute atomic E-state index is 0. The third kappa shape index (κ3) is 6.74. The average Bonchev–Trinajstić information content (AvgIpc) is 2.79. The fraction of sp³-hybridized carbons (Fsp3) is 0.240. The monoisotopic (exact) mass is 440 g/mol. The normalized spacial score (nSPS) is 11.2. The summed E-state index contributed by atoms with van der Waals surface area (Å²) in [5.74, 6) is 0.878. The van der Waals surface area contributed by atoms with Gasteiger partial charge in [-0.05, 0) is 42.2 Å². The molecular weight excluding hydrogens is 412 g/mol. The van der Waals surface area contributed by atoms with E-state index in [0.29, 0.717) is 11.5 Å². The van der Waals surface area contributed by atoms with Crippen LogP contribution in [-0.2, 0) is 11.2 Å². The fourth-order valence-electron chi connectivity index (χ4n) is 3.20. The molecule has 1 amide bonds. The van der Waals surface area contributed by atoms with E-state index in [9.17, 15) is 4.79 Å². The zero-order valence-electron chi connectivity index (χ0n) is 17.8. The van der Waals surface area contributed by atoms with E-state index in [1.165, 1.54) is 0 Å². The number of ether oxygens (including phenoxy) is 2. The summed E-state index contributed by atoms with van der Waals surface area (Å²) in [6.07, 6.45) is 1.68. The van der Waals surface area contributed by atoms with E-state index < -0.39 is 0 Å². The van der Waals surface area contributed by atoms with Crippen molar-refractivity contribution in [3.05, 3.63) is 78.4 Å². The molecule has 0 bridgehead atoms. The van der Waals surface area contributed by atoms with E-state index in [2.05, 4.69) is 12.2 Å². The maximum atomic E-state index is 12.5. The number of nitrogens with one attached hydrogen (secondary N) is 1. The van der Waals surface area contributed by atoms with Crippen LogP contribution in [-0.4, -0.2) is 25.7 Å². The number of nitrogens with two attached hydrogens (primary N) is 1. The van der Waals surface area contributed by atoms with Crippen LogP contribution < -0.4 is 20.5 Å². The SMILES string of the molecule is CCC(N)Cc1ccc(OCC(=O)Nc2ccccc2-c2ccccc2)c(OC)c1.Cl. The standard InChI is InChI=1S/C25H28N2O3.ClH/c1-3-20(26)15-18-13-14-23(24(16-18)29-2)30-17-25(28)27-22-12-8-7-11-21(22)19-9-5-4-6-10-19;/h4-14,16,20H,3,15,17,26H2,1-2H3,(H,27,28);1H. The number of amides is 1. The van der Waals surface area contributed by atoms with Gasteiger partial charge in [-0.2, -0.15) is 0 Å². The summed E-state index contributed by atoms with van der Waals surface area (Å²) in [5.41, 5.74) is 9.86. The molecule has 3 aromatic rings. The van der Waals surface area contributed by atoms with Crippen molar-refractivity contribution >= 4 is 24.0 Å². The van der Waals surface area contributed by atoms with Gasteiger partial charge in [-0.25, -0.2) is 0 Å². The molecule has 6 heteroatoms. The first kappa shape index (κ1) is 24.3. The molecule has 0 saturated heterocycles. The van der Waals surface area contributed by atoms with Crippen LogP contribution in [0, 0.1) is 0 Å². The topological polar surface area (TPSA) is 73.6 Å². The summed E-state index contributed by atoms with van der Waals surface area (Å²) in [6, 6.07) is 23.4. The number of hydrogen-bond donors (Lipinski definition) is 2. The minimum atomic E-state index is -0.238. The van der Waals surface area contributed by atoms with Crippen LogP contribution in [0.15, 0.2) is 72.8 Å². The highest BCUT2D eigenvalue weighted by Crippen LogP contribution is 2.29. The van der Waals surface area contributed by atoms with Gasteiger partial charge in [-0.3, -0.25) is 4.79 Å². The molecule has 1 atom stereocenters. The van der Waals surface area contributed by atoms with Gasteiger partial charge in [-0.15, -0.1) is 12.4 Å². The lowest BCUT2D eigenvalue weighted by molar-refractivity contribution is -0.118. The van der Waals surface area contributed by atoms with Gasteiger partial charge < -0.3 is 20.5 Å². The number of benzene rings is 3. The molecule has 0 radical (unpaired) electrons. The van der Waals surface area contributed by atoms with Crippen LogP contribution in [0.1, 0.15) is 18.9 Å². The lowest BCUT2D eigenvalue weighted by atomic mass is 10.0. The predicted molar refractivity (Wildman–Crippen MR) is 128 cm³/mol.